The summed E-state index contributed by atoms with van der Waals surface area (Å²) in [5, 5.41) is 34.3. The summed E-state index contributed by atoms with van der Waals surface area (Å²) >= 11 is 0. The van der Waals surface area contributed by atoms with E-state index in [1.165, 1.54) is 75.9 Å². The van der Waals surface area contributed by atoms with Crippen molar-refractivity contribution in [3.05, 3.63) is 484 Å². The van der Waals surface area contributed by atoms with Crippen LogP contribution in [0, 0.1) is 22.7 Å². The predicted octanol–water partition coefficient (Wildman–Crippen LogP) is 31.0. The lowest BCUT2D eigenvalue weighted by Crippen LogP contribution is -2.03. The highest BCUT2D eigenvalue weighted by atomic mass is 15.2. The van der Waals surface area contributed by atoms with Crippen LogP contribution >= 0.6 is 0 Å². The number of hydrogen-bond acceptors (Lipinski definition) is 6. The molecule has 0 amide bonds. The van der Waals surface area contributed by atoms with Crippen molar-refractivity contribution in [1.29, 1.82) is 10.5 Å². The van der Waals surface area contributed by atoms with Crippen molar-refractivity contribution in [2.75, 3.05) is 0 Å². The minimum Gasteiger partial charge on any atom is -0.309 e. The van der Waals surface area contributed by atoms with E-state index >= 15 is 0 Å². The van der Waals surface area contributed by atoms with Crippen LogP contribution in [-0.4, -0.2) is 47.3 Å². The lowest BCUT2D eigenvalue weighted by molar-refractivity contribution is 0.993. The highest BCUT2D eigenvalue weighted by molar-refractivity contribution is 6.15. The molecule has 9 aromatic heterocycles. The van der Waals surface area contributed by atoms with Crippen molar-refractivity contribution < 1.29 is 0 Å². The van der Waals surface area contributed by atoms with E-state index in [9.17, 15) is 10.5 Å². The third-order valence-corrected chi connectivity index (χ3v) is 26.5. The number of nitriles is 2. The van der Waals surface area contributed by atoms with Gasteiger partial charge in [-0.2, -0.15) is 10.5 Å². The smallest absolute Gasteiger partial charge is 0.235 e. The van der Waals surface area contributed by atoms with E-state index in [-0.39, 0.29) is 0 Å². The van der Waals surface area contributed by atoms with Crippen molar-refractivity contribution in [3.63, 3.8) is 0 Å². The van der Waals surface area contributed by atoms with E-state index < -0.39 is 0 Å². The van der Waals surface area contributed by atoms with Gasteiger partial charge >= 0.3 is 0 Å². The quantitative estimate of drug-likeness (QED) is 0.120. The zero-order chi connectivity index (χ0) is 90.3. The van der Waals surface area contributed by atoms with Gasteiger partial charge in [-0.05, 0) is 168 Å². The van der Waals surface area contributed by atoms with Crippen molar-refractivity contribution in [3.8, 4) is 114 Å². The van der Waals surface area contributed by atoms with E-state index in [1.807, 2.05) is 36.5 Å². The molecular formula is C124H78N12. The van der Waals surface area contributed by atoms with Gasteiger partial charge in [0, 0.05) is 121 Å². The fourth-order valence-corrected chi connectivity index (χ4v) is 20.5. The Morgan fingerprint density at radius 1 is 0.176 bits per heavy atom. The summed E-state index contributed by atoms with van der Waals surface area (Å²) in [5.41, 5.74) is 29.5. The lowest BCUT2D eigenvalue weighted by atomic mass is 9.96. The van der Waals surface area contributed by atoms with Gasteiger partial charge in [-0.3, -0.25) is 13.7 Å². The Morgan fingerprint density at radius 3 is 0.676 bits per heavy atom. The minimum absolute atomic E-state index is 0.417. The monoisotopic (exact) mass is 1730 g/mol. The zero-order valence-corrected chi connectivity index (χ0v) is 73.4. The second-order valence-electron chi connectivity index (χ2n) is 34.2. The summed E-state index contributed by atoms with van der Waals surface area (Å²) in [6.07, 6.45) is 1.98. The van der Waals surface area contributed by atoms with Gasteiger partial charge in [0.1, 0.15) is 11.6 Å². The fraction of sp³-hybridized carbons (Fsp3) is 0. The maximum atomic E-state index is 9.84. The number of rotatable bonds is 12. The van der Waals surface area contributed by atoms with Crippen molar-refractivity contribution >= 4 is 131 Å². The Bertz CT molecular complexity index is 8800. The number of benzene rings is 18. The van der Waals surface area contributed by atoms with Crippen LogP contribution in [0.4, 0.5) is 0 Å². The molecule has 0 saturated heterocycles. The Labute approximate surface area is 781 Å². The molecule has 0 aliphatic rings. The third kappa shape index (κ3) is 13.4. The molecule has 12 nitrogen and oxygen atoms in total. The van der Waals surface area contributed by atoms with Gasteiger partial charge < -0.3 is 13.7 Å². The summed E-state index contributed by atoms with van der Waals surface area (Å²) in [4.78, 5) is 20.9. The standard InChI is InChI=1S/C43H25N5.C41H27N3.C40H26N4/c44-26-28-23-29(27-45)25-31(24-28)43-33(21-22-42(46-43)48-40-15-7-3-11-36(40)37-12-4-8-16-41(37)48)30-17-19-32(20-18-30)47-38-13-5-1-9-34(38)35-10-2-6-14-39(35)47;1-2-12-29(13-3-1)41-31(26-27-40(42-41)44-38-20-10-6-16-34(38)35-17-7-11-21-39(35)44)28-22-24-30(25-23-28)43-36-18-8-4-14-32(36)33-15-5-9-19-37(33)43;1-2-12-28(13-3-1)39-34(26-41-40(42-39)44-37-20-10-6-16-32(37)33-17-7-11-21-38(33)44)27-22-24-29(25-23-27)43-35-18-8-4-14-30(35)31-15-5-9-19-36(31)43/h1-25H;1-27H;1-26H. The summed E-state index contributed by atoms with van der Waals surface area (Å²) in [7, 11) is 0. The summed E-state index contributed by atoms with van der Waals surface area (Å²) in [6.45, 7) is 0. The summed E-state index contributed by atoms with van der Waals surface area (Å²) in [5.74, 6) is 2.33. The number of para-hydroxylation sites is 12. The first-order valence-electron chi connectivity index (χ1n) is 45.6. The van der Waals surface area contributed by atoms with Crippen LogP contribution in [0.15, 0.2) is 473 Å². The van der Waals surface area contributed by atoms with Gasteiger partial charge in [0.25, 0.3) is 0 Å². The summed E-state index contributed by atoms with van der Waals surface area (Å²) < 4.78 is 13.6. The minimum atomic E-state index is 0.417. The first-order chi connectivity index (χ1) is 67.4. The van der Waals surface area contributed by atoms with Crippen LogP contribution in [0.3, 0.4) is 0 Å². The van der Waals surface area contributed by atoms with Crippen molar-refractivity contribution in [2.24, 2.45) is 0 Å². The topological polar surface area (TPSA) is 129 Å². The molecule has 0 fully saturated rings. The number of aromatic nitrogens is 10. The van der Waals surface area contributed by atoms with Gasteiger partial charge in [-0.25, -0.2) is 19.9 Å². The largest absolute Gasteiger partial charge is 0.309 e. The maximum absolute atomic E-state index is 9.84. The van der Waals surface area contributed by atoms with Gasteiger partial charge in [0.15, 0.2) is 0 Å². The molecular weight excluding hydrogens is 1660 g/mol. The number of pyridine rings is 2. The molecule has 18 aromatic carbocycles. The average Bonchev–Trinajstić information content (AvgIpc) is 1.60. The van der Waals surface area contributed by atoms with Crippen LogP contribution in [0.1, 0.15) is 11.1 Å². The van der Waals surface area contributed by atoms with Crippen LogP contribution in [0.5, 0.6) is 0 Å². The van der Waals surface area contributed by atoms with E-state index in [4.69, 9.17) is 19.9 Å². The maximum Gasteiger partial charge on any atom is 0.235 e. The van der Waals surface area contributed by atoms with Crippen LogP contribution in [-0.2, 0) is 0 Å². The Kier molecular flexibility index (Phi) is 19.4. The molecule has 9 heterocycles. The third-order valence-electron chi connectivity index (χ3n) is 26.5. The second-order valence-corrected chi connectivity index (χ2v) is 34.2. The SMILES string of the molecule is N#Cc1cc(C#N)cc(-c2nc(-n3c4ccccc4c4ccccc43)ccc2-c2ccc(-n3c4ccccc4c4ccccc43)cc2)c1.c1ccc(-c2nc(-n3c4ccccc4c4ccccc43)ccc2-c2ccc(-n3c4ccccc4c4ccccc43)cc2)cc1.c1ccc(-c2nc(-n3c4ccccc4c4ccccc43)ncc2-c2ccc(-n3c4ccccc4c4ccccc43)cc2)cc1. The molecule has 0 bridgehead atoms. The molecule has 136 heavy (non-hydrogen) atoms. The van der Waals surface area contributed by atoms with Crippen molar-refractivity contribution in [2.45, 2.75) is 0 Å². The molecule has 0 unspecified atom stereocenters. The zero-order valence-electron chi connectivity index (χ0n) is 73.4. The molecule has 634 valence electrons. The molecule has 0 aliphatic heterocycles. The van der Waals surface area contributed by atoms with Crippen LogP contribution < -0.4 is 0 Å². The van der Waals surface area contributed by atoms with Crippen molar-refractivity contribution in [1.82, 2.24) is 47.3 Å². The van der Waals surface area contributed by atoms with E-state index in [1.54, 1.807) is 6.07 Å². The van der Waals surface area contributed by atoms with Gasteiger partial charge in [-0.1, -0.05) is 315 Å². The molecule has 0 spiro atoms. The molecule has 0 radical (unpaired) electrons. The van der Waals surface area contributed by atoms with E-state index in [2.05, 4.69) is 470 Å². The summed E-state index contributed by atoms with van der Waals surface area (Å²) in [6, 6.07) is 168. The van der Waals surface area contributed by atoms with Gasteiger partial charge in [-0.15, -0.1) is 0 Å². The van der Waals surface area contributed by atoms with Gasteiger partial charge in [0.2, 0.25) is 5.95 Å². The number of hydrogen-bond donors (Lipinski definition) is 0. The molecule has 0 saturated carbocycles. The normalized spacial score (nSPS) is 11.5. The van der Waals surface area contributed by atoms with E-state index in [0.29, 0.717) is 22.8 Å². The van der Waals surface area contributed by atoms with Gasteiger partial charge in [0.05, 0.1) is 107 Å². The lowest BCUT2D eigenvalue weighted by Gasteiger charge is -2.15. The first kappa shape index (κ1) is 79.3. The molecule has 27 rings (SSSR count). The molecule has 27 aromatic rings. The van der Waals surface area contributed by atoms with Crippen LogP contribution in [0.25, 0.3) is 233 Å². The van der Waals surface area contributed by atoms with Crippen LogP contribution in [0.2, 0.25) is 0 Å². The predicted molar refractivity (Wildman–Crippen MR) is 559 cm³/mol. The number of nitrogens with zero attached hydrogens (tertiary/aromatic N) is 12. The molecule has 0 N–H and O–H groups in total. The first-order valence-corrected chi connectivity index (χ1v) is 45.6. The molecule has 12 heteroatoms. The molecule has 0 atom stereocenters. The molecule has 0 aliphatic carbocycles. The Hall–Kier alpha value is -18.9. The fourth-order valence-electron chi connectivity index (χ4n) is 20.5. The van der Waals surface area contributed by atoms with E-state index in [0.717, 1.165) is 145 Å². The Morgan fingerprint density at radius 2 is 0.404 bits per heavy atom. The second kappa shape index (κ2) is 33.3. The average molecular weight is 1740 g/mol. The Balaban J connectivity index is 0.000000109. The highest BCUT2D eigenvalue weighted by Gasteiger charge is 2.25. The highest BCUT2D eigenvalue weighted by Crippen LogP contribution is 2.44. The number of fused-ring (bicyclic) bond motifs is 18.